The highest BCUT2D eigenvalue weighted by molar-refractivity contribution is 7.99. The van der Waals surface area contributed by atoms with E-state index in [0.29, 0.717) is 28.6 Å². The van der Waals surface area contributed by atoms with Crippen molar-refractivity contribution in [2.24, 2.45) is 0 Å². The highest BCUT2D eigenvalue weighted by Crippen LogP contribution is 2.21. The second-order valence-corrected chi connectivity index (χ2v) is 7.04. The van der Waals surface area contributed by atoms with Crippen molar-refractivity contribution >= 4 is 23.6 Å². The Hall–Kier alpha value is -2.81. The third-order valence-electron chi connectivity index (χ3n) is 3.85. The number of carbonyl (C=O) groups excluding carboxylic acids is 1. The number of hydrogen-bond donors (Lipinski definition) is 3. The molecule has 28 heavy (non-hydrogen) atoms. The summed E-state index contributed by atoms with van der Waals surface area (Å²) in [6.07, 6.45) is 1.30. The number of aryl methyl sites for hydroxylation is 1. The molecule has 1 aromatic carbocycles. The molecular weight excluding hydrogens is 382 g/mol. The van der Waals surface area contributed by atoms with Crippen molar-refractivity contribution in [1.82, 2.24) is 15.3 Å². The van der Waals surface area contributed by atoms with Crippen LogP contribution in [-0.4, -0.2) is 39.8 Å². The number of carboxylic acid groups (broad SMARTS) is 1. The Balaban J connectivity index is 2.03. The van der Waals surface area contributed by atoms with Crippen LogP contribution in [0.4, 0.5) is 0 Å². The number of ether oxygens (including phenoxy) is 1. The molecule has 0 aliphatic rings. The SMILES string of the molecule is CCCc1cc(=O)[nH]c(SCC(=O)NC(CC(=O)O)c2ccc(OC)cc2)n1. The predicted molar refractivity (Wildman–Crippen MR) is 106 cm³/mol. The van der Waals surface area contributed by atoms with Crippen LogP contribution in [0.25, 0.3) is 0 Å². The van der Waals surface area contributed by atoms with E-state index in [2.05, 4.69) is 15.3 Å². The minimum Gasteiger partial charge on any atom is -0.497 e. The first-order valence-electron chi connectivity index (χ1n) is 8.79. The average molecular weight is 405 g/mol. The summed E-state index contributed by atoms with van der Waals surface area (Å²) in [4.78, 5) is 42.1. The van der Waals surface area contributed by atoms with Gasteiger partial charge in [-0.3, -0.25) is 14.4 Å². The first-order valence-corrected chi connectivity index (χ1v) is 9.78. The van der Waals surface area contributed by atoms with Gasteiger partial charge in [0.1, 0.15) is 5.75 Å². The van der Waals surface area contributed by atoms with Crippen molar-refractivity contribution in [3.63, 3.8) is 0 Å². The van der Waals surface area contributed by atoms with E-state index >= 15 is 0 Å². The van der Waals surface area contributed by atoms with Gasteiger partial charge in [-0.1, -0.05) is 37.2 Å². The molecule has 1 amide bonds. The van der Waals surface area contributed by atoms with Gasteiger partial charge in [-0.25, -0.2) is 4.98 Å². The van der Waals surface area contributed by atoms with E-state index in [1.807, 2.05) is 6.92 Å². The summed E-state index contributed by atoms with van der Waals surface area (Å²) in [5.74, 6) is -0.727. The molecule has 9 heteroatoms. The molecule has 150 valence electrons. The van der Waals surface area contributed by atoms with Crippen LogP contribution in [0.2, 0.25) is 0 Å². The Morgan fingerprint density at radius 2 is 2.04 bits per heavy atom. The minimum absolute atomic E-state index is 0.00475. The fourth-order valence-corrected chi connectivity index (χ4v) is 3.27. The number of nitrogens with zero attached hydrogens (tertiary/aromatic N) is 1. The number of thioether (sulfide) groups is 1. The fraction of sp³-hybridized carbons (Fsp3) is 0.368. The maximum Gasteiger partial charge on any atom is 0.305 e. The molecule has 2 rings (SSSR count). The predicted octanol–water partition coefficient (Wildman–Crippen LogP) is 2.16. The first-order chi connectivity index (χ1) is 13.4. The van der Waals surface area contributed by atoms with Crippen LogP contribution >= 0.6 is 11.8 Å². The Morgan fingerprint density at radius 1 is 1.32 bits per heavy atom. The number of hydrogen-bond acceptors (Lipinski definition) is 6. The second kappa shape index (κ2) is 10.5. The molecule has 1 heterocycles. The molecule has 0 aliphatic carbocycles. The van der Waals surface area contributed by atoms with Gasteiger partial charge in [0.15, 0.2) is 5.16 Å². The number of amides is 1. The topological polar surface area (TPSA) is 121 Å². The van der Waals surface area contributed by atoms with Crippen LogP contribution in [-0.2, 0) is 16.0 Å². The van der Waals surface area contributed by atoms with Gasteiger partial charge in [0.05, 0.1) is 25.3 Å². The van der Waals surface area contributed by atoms with E-state index in [0.717, 1.165) is 18.2 Å². The number of aliphatic carboxylic acids is 1. The number of rotatable bonds is 10. The maximum atomic E-state index is 12.3. The molecule has 0 spiro atoms. The number of aromatic amines is 1. The third kappa shape index (κ3) is 6.73. The molecule has 0 fully saturated rings. The van der Waals surface area contributed by atoms with Gasteiger partial charge in [-0.05, 0) is 24.1 Å². The molecule has 0 aliphatic heterocycles. The van der Waals surface area contributed by atoms with Gasteiger partial charge < -0.3 is 20.1 Å². The standard InChI is InChI=1S/C19H23N3O5S/c1-3-4-13-9-16(23)22-19(20-13)28-11-17(24)21-15(10-18(25)26)12-5-7-14(27-2)8-6-12/h5-9,15H,3-4,10-11H2,1-2H3,(H,21,24)(H,25,26)(H,20,22,23). The molecule has 1 atom stereocenters. The second-order valence-electron chi connectivity index (χ2n) is 6.07. The number of methoxy groups -OCH3 is 1. The first kappa shape index (κ1) is 21.5. The van der Waals surface area contributed by atoms with Gasteiger partial charge in [-0.15, -0.1) is 0 Å². The summed E-state index contributed by atoms with van der Waals surface area (Å²) in [6.45, 7) is 1.99. The van der Waals surface area contributed by atoms with Crippen molar-refractivity contribution in [3.05, 3.63) is 51.9 Å². The van der Waals surface area contributed by atoms with Gasteiger partial charge >= 0.3 is 5.97 Å². The third-order valence-corrected chi connectivity index (χ3v) is 4.72. The summed E-state index contributed by atoms with van der Waals surface area (Å²) < 4.78 is 5.09. The molecule has 1 unspecified atom stereocenters. The van der Waals surface area contributed by atoms with Crippen molar-refractivity contribution in [3.8, 4) is 5.75 Å². The molecule has 0 radical (unpaired) electrons. The summed E-state index contributed by atoms with van der Waals surface area (Å²) in [6, 6.07) is 7.62. The Bertz CT molecular complexity index is 867. The molecule has 3 N–H and O–H groups in total. The highest BCUT2D eigenvalue weighted by Gasteiger charge is 2.18. The van der Waals surface area contributed by atoms with E-state index < -0.39 is 12.0 Å². The Kier molecular flexibility index (Phi) is 8.06. The van der Waals surface area contributed by atoms with Crippen LogP contribution < -0.4 is 15.6 Å². The number of benzene rings is 1. The Morgan fingerprint density at radius 3 is 2.64 bits per heavy atom. The van der Waals surface area contributed by atoms with Crippen molar-refractivity contribution in [2.75, 3.05) is 12.9 Å². The molecular formula is C19H23N3O5S. The number of carbonyl (C=O) groups is 2. The fourth-order valence-electron chi connectivity index (χ4n) is 2.57. The Labute approximate surface area is 166 Å². The summed E-state index contributed by atoms with van der Waals surface area (Å²) in [5.41, 5.74) is 1.08. The van der Waals surface area contributed by atoms with Gasteiger partial charge in [-0.2, -0.15) is 0 Å². The lowest BCUT2D eigenvalue weighted by Gasteiger charge is -2.17. The number of carboxylic acids is 1. The van der Waals surface area contributed by atoms with Gasteiger partial charge in [0.25, 0.3) is 5.56 Å². The summed E-state index contributed by atoms with van der Waals surface area (Å²) in [7, 11) is 1.54. The summed E-state index contributed by atoms with van der Waals surface area (Å²) in [5, 5.41) is 12.2. The zero-order valence-electron chi connectivity index (χ0n) is 15.7. The normalized spacial score (nSPS) is 11.6. The lowest BCUT2D eigenvalue weighted by Crippen LogP contribution is -2.31. The van der Waals surface area contributed by atoms with E-state index in [9.17, 15) is 14.4 Å². The molecule has 0 bridgehead atoms. The number of aromatic nitrogens is 2. The van der Waals surface area contributed by atoms with Crippen molar-refractivity contribution in [2.45, 2.75) is 37.4 Å². The lowest BCUT2D eigenvalue weighted by molar-refractivity contribution is -0.137. The van der Waals surface area contributed by atoms with E-state index in [-0.39, 0.29) is 23.6 Å². The summed E-state index contributed by atoms with van der Waals surface area (Å²) >= 11 is 1.10. The van der Waals surface area contributed by atoms with Crippen LogP contribution in [0.5, 0.6) is 5.75 Å². The quantitative estimate of drug-likeness (QED) is 0.409. The van der Waals surface area contributed by atoms with E-state index in [1.165, 1.54) is 13.2 Å². The average Bonchev–Trinajstić information content (AvgIpc) is 2.65. The zero-order chi connectivity index (χ0) is 20.5. The van der Waals surface area contributed by atoms with Crippen molar-refractivity contribution in [1.29, 1.82) is 0 Å². The van der Waals surface area contributed by atoms with Gasteiger partial charge in [0.2, 0.25) is 5.91 Å². The number of nitrogens with one attached hydrogen (secondary N) is 2. The van der Waals surface area contributed by atoms with Crippen molar-refractivity contribution < 1.29 is 19.4 Å². The molecule has 0 saturated carbocycles. The maximum absolute atomic E-state index is 12.3. The molecule has 0 saturated heterocycles. The largest absolute Gasteiger partial charge is 0.497 e. The monoisotopic (exact) mass is 405 g/mol. The minimum atomic E-state index is -1.02. The van der Waals surface area contributed by atoms with E-state index in [4.69, 9.17) is 9.84 Å². The lowest BCUT2D eigenvalue weighted by atomic mass is 10.0. The smallest absolute Gasteiger partial charge is 0.305 e. The van der Waals surface area contributed by atoms with Crippen LogP contribution in [0.1, 0.15) is 37.1 Å². The van der Waals surface area contributed by atoms with Crippen LogP contribution in [0.3, 0.4) is 0 Å². The number of H-pyrrole nitrogens is 1. The molecule has 2 aromatic rings. The zero-order valence-corrected chi connectivity index (χ0v) is 16.5. The van der Waals surface area contributed by atoms with Crippen LogP contribution in [0, 0.1) is 0 Å². The highest BCUT2D eigenvalue weighted by atomic mass is 32.2. The van der Waals surface area contributed by atoms with E-state index in [1.54, 1.807) is 24.3 Å². The molecule has 1 aromatic heterocycles. The van der Waals surface area contributed by atoms with Gasteiger partial charge in [0, 0.05) is 11.8 Å². The molecule has 8 nitrogen and oxygen atoms in total. The van der Waals surface area contributed by atoms with Crippen LogP contribution in [0.15, 0.2) is 40.3 Å².